The molecule has 0 saturated carbocycles. The fraction of sp³-hybridized carbons (Fsp3) is 0.429. The lowest BCUT2D eigenvalue weighted by molar-refractivity contribution is -0.117. The molecular weight excluding hydrogens is 410 g/mol. The monoisotopic (exact) mass is 443 g/mol. The van der Waals surface area contributed by atoms with E-state index >= 15 is 0 Å². The molecule has 0 spiro atoms. The summed E-state index contributed by atoms with van der Waals surface area (Å²) in [5.41, 5.74) is 4.45. The van der Waals surface area contributed by atoms with E-state index < -0.39 is 0 Å². The van der Waals surface area contributed by atoms with Gasteiger partial charge in [0.15, 0.2) is 0 Å². The zero-order valence-corrected chi connectivity index (χ0v) is 19.5. The van der Waals surface area contributed by atoms with E-state index in [4.69, 9.17) is 4.74 Å². The molecule has 2 aliphatic heterocycles. The summed E-state index contributed by atoms with van der Waals surface area (Å²) in [6.45, 7) is 6.77. The van der Waals surface area contributed by atoms with Gasteiger partial charge in [-0.2, -0.15) is 0 Å². The van der Waals surface area contributed by atoms with Gasteiger partial charge >= 0.3 is 0 Å². The van der Waals surface area contributed by atoms with E-state index in [-0.39, 0.29) is 5.91 Å². The summed E-state index contributed by atoms with van der Waals surface area (Å²) in [5.74, 6) is 1.89. The molecule has 5 rings (SSSR count). The van der Waals surface area contributed by atoms with Crippen molar-refractivity contribution in [2.45, 2.75) is 39.0 Å². The summed E-state index contributed by atoms with van der Waals surface area (Å²) >= 11 is 0. The highest BCUT2D eigenvalue weighted by Crippen LogP contribution is 2.27. The topological polar surface area (TPSA) is 45.7 Å². The van der Waals surface area contributed by atoms with Gasteiger partial charge in [0.2, 0.25) is 5.91 Å². The Bertz CT molecular complexity index is 1120. The van der Waals surface area contributed by atoms with Gasteiger partial charge in [-0.15, -0.1) is 0 Å². The Morgan fingerprint density at radius 2 is 1.88 bits per heavy atom. The Hall–Kier alpha value is -2.92. The zero-order chi connectivity index (χ0) is 22.6. The Morgan fingerprint density at radius 3 is 2.70 bits per heavy atom. The number of carbonyl (C=O) groups excluding carboxylic acids is 1. The maximum absolute atomic E-state index is 12.1. The van der Waals surface area contributed by atoms with Crippen LogP contribution in [0, 0.1) is 12.8 Å². The number of aromatic nitrogens is 1. The summed E-state index contributed by atoms with van der Waals surface area (Å²) in [6.07, 6.45) is 5.18. The molecule has 0 bridgehead atoms. The van der Waals surface area contributed by atoms with Crippen molar-refractivity contribution in [2.24, 2.45) is 5.92 Å². The summed E-state index contributed by atoms with van der Waals surface area (Å²) < 4.78 is 6.14. The van der Waals surface area contributed by atoms with Crippen molar-refractivity contribution < 1.29 is 9.53 Å². The van der Waals surface area contributed by atoms with E-state index in [2.05, 4.69) is 40.2 Å². The average Bonchev–Trinajstić information content (AvgIpc) is 3.26. The van der Waals surface area contributed by atoms with E-state index in [0.29, 0.717) is 18.9 Å². The highest BCUT2D eigenvalue weighted by Gasteiger charge is 2.23. The number of fused-ring (bicyclic) bond motifs is 1. The number of carbonyl (C=O) groups is 1. The van der Waals surface area contributed by atoms with Crippen LogP contribution in [-0.2, 0) is 11.2 Å². The Kier molecular flexibility index (Phi) is 6.58. The molecule has 2 saturated heterocycles. The predicted octanol–water partition coefficient (Wildman–Crippen LogP) is 5.00. The molecule has 0 N–H and O–H groups in total. The molecule has 2 aromatic carbocycles. The number of nitrogens with zero attached hydrogens (tertiary/aromatic N) is 3. The van der Waals surface area contributed by atoms with Gasteiger partial charge in [-0.1, -0.05) is 18.2 Å². The van der Waals surface area contributed by atoms with Crippen LogP contribution in [0.4, 0.5) is 5.69 Å². The van der Waals surface area contributed by atoms with E-state index in [1.54, 1.807) is 0 Å². The number of piperidine rings is 1. The van der Waals surface area contributed by atoms with Gasteiger partial charge in [-0.05, 0) is 93.6 Å². The largest absolute Gasteiger partial charge is 0.492 e. The molecule has 1 amide bonds. The van der Waals surface area contributed by atoms with Crippen LogP contribution in [-0.4, -0.2) is 48.6 Å². The van der Waals surface area contributed by atoms with E-state index in [9.17, 15) is 4.79 Å². The lowest BCUT2D eigenvalue weighted by Gasteiger charge is -2.32. The quantitative estimate of drug-likeness (QED) is 0.515. The Morgan fingerprint density at radius 1 is 1.03 bits per heavy atom. The second kappa shape index (κ2) is 9.92. The molecule has 1 aromatic heterocycles. The SMILES string of the molecule is Cc1ccc2c(OCCN3CCC(Cc4cccc(N5CCCC5=O)c4)CC3)cccc2n1. The number of likely N-dealkylation sites (tertiary alicyclic amines) is 1. The maximum atomic E-state index is 12.1. The van der Waals surface area contributed by atoms with Crippen molar-refractivity contribution in [3.63, 3.8) is 0 Å². The molecule has 0 aliphatic carbocycles. The molecule has 2 aliphatic rings. The number of hydrogen-bond donors (Lipinski definition) is 0. The summed E-state index contributed by atoms with van der Waals surface area (Å²) in [7, 11) is 0. The zero-order valence-electron chi connectivity index (χ0n) is 19.5. The summed E-state index contributed by atoms with van der Waals surface area (Å²) in [6, 6.07) is 18.9. The summed E-state index contributed by atoms with van der Waals surface area (Å²) in [5, 5.41) is 1.08. The number of rotatable bonds is 7. The first-order valence-corrected chi connectivity index (χ1v) is 12.3. The minimum Gasteiger partial charge on any atom is -0.492 e. The average molecular weight is 444 g/mol. The van der Waals surface area contributed by atoms with Crippen LogP contribution < -0.4 is 9.64 Å². The number of benzene rings is 2. The molecule has 0 radical (unpaired) electrons. The number of ether oxygens (including phenoxy) is 1. The minimum atomic E-state index is 0.262. The highest BCUT2D eigenvalue weighted by atomic mass is 16.5. The second-order valence-corrected chi connectivity index (χ2v) is 9.43. The fourth-order valence-electron chi connectivity index (χ4n) is 5.16. The minimum absolute atomic E-state index is 0.262. The first-order valence-electron chi connectivity index (χ1n) is 12.3. The lowest BCUT2D eigenvalue weighted by Crippen LogP contribution is -2.37. The number of hydrogen-bond acceptors (Lipinski definition) is 4. The van der Waals surface area contributed by atoms with Gasteiger partial charge < -0.3 is 9.64 Å². The van der Waals surface area contributed by atoms with E-state index in [1.807, 2.05) is 36.1 Å². The van der Waals surface area contributed by atoms with Crippen LogP contribution in [0.25, 0.3) is 10.9 Å². The van der Waals surface area contributed by atoms with Crippen molar-refractivity contribution in [1.29, 1.82) is 0 Å². The van der Waals surface area contributed by atoms with Gasteiger partial charge in [0.1, 0.15) is 12.4 Å². The smallest absolute Gasteiger partial charge is 0.227 e. The Balaban J connectivity index is 1.09. The molecule has 172 valence electrons. The van der Waals surface area contributed by atoms with Crippen LogP contribution in [0.1, 0.15) is 36.9 Å². The second-order valence-electron chi connectivity index (χ2n) is 9.43. The molecule has 0 atom stereocenters. The van der Waals surface area contributed by atoms with Crippen LogP contribution in [0.15, 0.2) is 54.6 Å². The molecule has 2 fully saturated rings. The molecular formula is C28H33N3O2. The number of pyridine rings is 1. The maximum Gasteiger partial charge on any atom is 0.227 e. The summed E-state index contributed by atoms with van der Waals surface area (Å²) in [4.78, 5) is 21.1. The van der Waals surface area contributed by atoms with Gasteiger partial charge in [0, 0.05) is 36.3 Å². The first kappa shape index (κ1) is 21.9. The standard InChI is InChI=1S/C28H33N3O2/c1-21-10-11-25-26(29-21)7-3-8-27(25)33-18-17-30-15-12-22(13-16-30)19-23-5-2-6-24(20-23)31-14-4-9-28(31)32/h2-3,5-8,10-11,20,22H,4,9,12-19H2,1H3. The Labute approximate surface area is 196 Å². The van der Waals surface area contributed by atoms with E-state index in [0.717, 1.165) is 67.1 Å². The van der Waals surface area contributed by atoms with Gasteiger partial charge in [-0.3, -0.25) is 14.7 Å². The van der Waals surface area contributed by atoms with E-state index in [1.165, 1.54) is 18.4 Å². The highest BCUT2D eigenvalue weighted by molar-refractivity contribution is 5.95. The van der Waals surface area contributed by atoms with Crippen LogP contribution in [0.3, 0.4) is 0 Å². The number of anilines is 1. The van der Waals surface area contributed by atoms with Crippen LogP contribution >= 0.6 is 0 Å². The van der Waals surface area contributed by atoms with Crippen LogP contribution in [0.2, 0.25) is 0 Å². The fourth-order valence-corrected chi connectivity index (χ4v) is 5.16. The predicted molar refractivity (Wildman–Crippen MR) is 133 cm³/mol. The molecule has 5 heteroatoms. The van der Waals surface area contributed by atoms with Crippen molar-refractivity contribution in [3.8, 4) is 5.75 Å². The third-order valence-corrected chi connectivity index (χ3v) is 7.02. The van der Waals surface area contributed by atoms with Gasteiger partial charge in [-0.25, -0.2) is 0 Å². The third kappa shape index (κ3) is 5.19. The molecule has 5 nitrogen and oxygen atoms in total. The first-order chi connectivity index (χ1) is 16.2. The lowest BCUT2D eigenvalue weighted by atomic mass is 9.90. The van der Waals surface area contributed by atoms with Crippen molar-refractivity contribution in [2.75, 3.05) is 37.7 Å². The van der Waals surface area contributed by atoms with Crippen molar-refractivity contribution in [3.05, 3.63) is 65.9 Å². The molecule has 3 heterocycles. The molecule has 0 unspecified atom stereocenters. The van der Waals surface area contributed by atoms with Crippen LogP contribution in [0.5, 0.6) is 5.75 Å². The van der Waals surface area contributed by atoms with Gasteiger partial charge in [0.05, 0.1) is 5.52 Å². The van der Waals surface area contributed by atoms with Crippen molar-refractivity contribution >= 4 is 22.5 Å². The molecule has 33 heavy (non-hydrogen) atoms. The normalized spacial score (nSPS) is 17.7. The number of aryl methyl sites for hydroxylation is 1. The molecule has 3 aromatic rings. The number of amides is 1. The van der Waals surface area contributed by atoms with Gasteiger partial charge in [0.25, 0.3) is 0 Å². The third-order valence-electron chi connectivity index (χ3n) is 7.02. The van der Waals surface area contributed by atoms with Crippen molar-refractivity contribution in [1.82, 2.24) is 9.88 Å².